The molecule has 2 fully saturated rings. The average molecular weight is 190 g/mol. The molecule has 3 rings (SSSR count). The summed E-state index contributed by atoms with van der Waals surface area (Å²) in [5.74, 6) is 0. The summed E-state index contributed by atoms with van der Waals surface area (Å²) in [4.78, 5) is 0. The Morgan fingerprint density at radius 1 is 1.21 bits per heavy atom. The molecule has 1 N–H and O–H groups in total. The lowest BCUT2D eigenvalue weighted by molar-refractivity contribution is 0.347. The summed E-state index contributed by atoms with van der Waals surface area (Å²) in [5.41, 5.74) is 1.51. The van der Waals surface area contributed by atoms with Crippen LogP contribution >= 0.6 is 0 Å². The van der Waals surface area contributed by atoms with Gasteiger partial charge < -0.3 is 9.88 Å². The molecule has 1 saturated carbocycles. The highest BCUT2D eigenvalue weighted by atomic mass is 15.1. The van der Waals surface area contributed by atoms with Gasteiger partial charge in [-0.25, -0.2) is 0 Å². The van der Waals surface area contributed by atoms with Crippen molar-refractivity contribution in [1.29, 1.82) is 0 Å². The number of aromatic nitrogens is 1. The Kier molecular flexibility index (Phi) is 2.09. The maximum Gasteiger partial charge on any atom is 0.0602 e. The van der Waals surface area contributed by atoms with Crippen molar-refractivity contribution in [3.63, 3.8) is 0 Å². The fourth-order valence-electron chi connectivity index (χ4n) is 2.66. The first kappa shape index (κ1) is 8.54. The summed E-state index contributed by atoms with van der Waals surface area (Å²) in [6.07, 6.45) is 9.31. The predicted molar refractivity (Wildman–Crippen MR) is 57.3 cm³/mol. The van der Waals surface area contributed by atoms with E-state index in [0.717, 1.165) is 6.04 Å². The molecule has 1 saturated heterocycles. The van der Waals surface area contributed by atoms with Crippen LogP contribution in [0.25, 0.3) is 0 Å². The smallest absolute Gasteiger partial charge is 0.0602 e. The summed E-state index contributed by atoms with van der Waals surface area (Å²) in [6.45, 7) is 1.18. The van der Waals surface area contributed by atoms with E-state index < -0.39 is 0 Å². The maximum absolute atomic E-state index is 3.40. The van der Waals surface area contributed by atoms with Gasteiger partial charge in [-0.15, -0.1) is 0 Å². The number of hydrogen-bond donors (Lipinski definition) is 1. The quantitative estimate of drug-likeness (QED) is 0.713. The Balaban J connectivity index is 1.82. The summed E-state index contributed by atoms with van der Waals surface area (Å²) in [7, 11) is 0. The molecule has 2 heterocycles. The highest BCUT2D eigenvalue weighted by Crippen LogP contribution is 2.32. The third-order valence-corrected chi connectivity index (χ3v) is 3.55. The Morgan fingerprint density at radius 3 is 2.71 bits per heavy atom. The van der Waals surface area contributed by atoms with Gasteiger partial charge >= 0.3 is 0 Å². The minimum absolute atomic E-state index is 0.659. The Morgan fingerprint density at radius 2 is 2.00 bits per heavy atom. The van der Waals surface area contributed by atoms with Gasteiger partial charge in [0.05, 0.1) is 6.04 Å². The van der Waals surface area contributed by atoms with Crippen LogP contribution in [-0.4, -0.2) is 11.1 Å². The third kappa shape index (κ3) is 1.48. The molecule has 2 aliphatic rings. The van der Waals surface area contributed by atoms with Crippen molar-refractivity contribution < 1.29 is 0 Å². The molecule has 0 unspecified atom stereocenters. The molecule has 0 amide bonds. The van der Waals surface area contributed by atoms with Crippen molar-refractivity contribution in [3.8, 4) is 0 Å². The first-order valence-electron chi connectivity index (χ1n) is 5.85. The summed E-state index contributed by atoms with van der Waals surface area (Å²) in [5, 5.41) is 3.40. The number of rotatable bonds is 2. The molecule has 0 aromatic carbocycles. The minimum atomic E-state index is 0.659. The lowest BCUT2D eigenvalue weighted by Crippen LogP contribution is -2.14. The number of nitrogens with one attached hydrogen (secondary N) is 1. The van der Waals surface area contributed by atoms with Crippen LogP contribution in [0.5, 0.6) is 0 Å². The molecule has 1 aromatic rings. The van der Waals surface area contributed by atoms with Crippen LogP contribution in [0.4, 0.5) is 0 Å². The number of hydrogen-bond acceptors (Lipinski definition) is 1. The SMILES string of the molecule is c1cc([C@H]2CN2)n(C2CCCCC2)c1. The number of nitrogens with zero attached hydrogens (tertiary/aromatic N) is 1. The van der Waals surface area contributed by atoms with Crippen LogP contribution in [-0.2, 0) is 0 Å². The molecule has 1 atom stereocenters. The van der Waals surface area contributed by atoms with Gasteiger partial charge in [0, 0.05) is 24.5 Å². The van der Waals surface area contributed by atoms with Crippen molar-refractivity contribution in [2.45, 2.75) is 44.2 Å². The first-order chi connectivity index (χ1) is 6.95. The van der Waals surface area contributed by atoms with Crippen molar-refractivity contribution >= 4 is 0 Å². The first-order valence-corrected chi connectivity index (χ1v) is 5.85. The summed E-state index contributed by atoms with van der Waals surface area (Å²) >= 11 is 0. The van der Waals surface area contributed by atoms with E-state index in [9.17, 15) is 0 Å². The molecular weight excluding hydrogens is 172 g/mol. The zero-order chi connectivity index (χ0) is 9.38. The molecule has 0 bridgehead atoms. The molecule has 76 valence electrons. The second kappa shape index (κ2) is 3.43. The zero-order valence-corrected chi connectivity index (χ0v) is 8.58. The second-order valence-corrected chi connectivity index (χ2v) is 4.59. The largest absolute Gasteiger partial charge is 0.347 e. The molecule has 1 aliphatic carbocycles. The minimum Gasteiger partial charge on any atom is -0.347 e. The van der Waals surface area contributed by atoms with E-state index in [1.165, 1.54) is 44.3 Å². The fourth-order valence-corrected chi connectivity index (χ4v) is 2.66. The topological polar surface area (TPSA) is 26.9 Å². The molecule has 2 heteroatoms. The van der Waals surface area contributed by atoms with E-state index in [-0.39, 0.29) is 0 Å². The second-order valence-electron chi connectivity index (χ2n) is 4.59. The molecule has 0 spiro atoms. The lowest BCUT2D eigenvalue weighted by atomic mass is 9.95. The molecule has 1 aliphatic heterocycles. The van der Waals surface area contributed by atoms with Crippen molar-refractivity contribution in [3.05, 3.63) is 24.0 Å². The standard InChI is InChI=1S/C12H18N2/c1-2-5-10(6-3-1)14-8-4-7-12(14)11-9-13-11/h4,7-8,10-11,13H,1-3,5-6,9H2/t11-/m1/s1. The highest BCUT2D eigenvalue weighted by molar-refractivity contribution is 5.18. The summed E-state index contributed by atoms with van der Waals surface area (Å²) < 4.78 is 2.52. The van der Waals surface area contributed by atoms with Crippen molar-refractivity contribution in [2.75, 3.05) is 6.54 Å². The molecule has 2 nitrogen and oxygen atoms in total. The monoisotopic (exact) mass is 190 g/mol. The summed E-state index contributed by atoms with van der Waals surface area (Å²) in [6, 6.07) is 5.92. The van der Waals surface area contributed by atoms with Gasteiger partial charge in [0.15, 0.2) is 0 Å². The van der Waals surface area contributed by atoms with E-state index in [1.807, 2.05) is 0 Å². The Hall–Kier alpha value is -0.760. The lowest BCUT2D eigenvalue weighted by Gasteiger charge is -2.25. The van der Waals surface area contributed by atoms with E-state index in [0.29, 0.717) is 6.04 Å². The molecule has 14 heavy (non-hydrogen) atoms. The molecule has 1 aromatic heterocycles. The van der Waals surface area contributed by atoms with Crippen LogP contribution in [0.2, 0.25) is 0 Å². The normalized spacial score (nSPS) is 27.9. The van der Waals surface area contributed by atoms with Crippen LogP contribution < -0.4 is 5.32 Å². The van der Waals surface area contributed by atoms with Gasteiger partial charge in [0.1, 0.15) is 0 Å². The van der Waals surface area contributed by atoms with Crippen molar-refractivity contribution in [1.82, 2.24) is 9.88 Å². The zero-order valence-electron chi connectivity index (χ0n) is 8.58. The van der Waals surface area contributed by atoms with E-state index >= 15 is 0 Å². The van der Waals surface area contributed by atoms with Gasteiger partial charge in [0.2, 0.25) is 0 Å². The van der Waals surface area contributed by atoms with Gasteiger partial charge in [-0.3, -0.25) is 0 Å². The molecule has 0 radical (unpaired) electrons. The van der Waals surface area contributed by atoms with Gasteiger partial charge in [-0.05, 0) is 25.0 Å². The van der Waals surface area contributed by atoms with Gasteiger partial charge in [-0.1, -0.05) is 19.3 Å². The maximum atomic E-state index is 3.40. The van der Waals surface area contributed by atoms with E-state index in [1.54, 1.807) is 0 Å². The van der Waals surface area contributed by atoms with Gasteiger partial charge in [0.25, 0.3) is 0 Å². The van der Waals surface area contributed by atoms with Crippen LogP contribution in [0, 0.1) is 0 Å². The fraction of sp³-hybridized carbons (Fsp3) is 0.667. The average Bonchev–Trinajstić information content (AvgIpc) is 2.98. The van der Waals surface area contributed by atoms with Crippen LogP contribution in [0.1, 0.15) is 49.9 Å². The van der Waals surface area contributed by atoms with Crippen molar-refractivity contribution in [2.24, 2.45) is 0 Å². The van der Waals surface area contributed by atoms with Crippen LogP contribution in [0.3, 0.4) is 0 Å². The highest BCUT2D eigenvalue weighted by Gasteiger charge is 2.27. The Bertz CT molecular complexity index is 306. The van der Waals surface area contributed by atoms with E-state index in [4.69, 9.17) is 0 Å². The predicted octanol–water partition coefficient (Wildman–Crippen LogP) is 2.64. The Labute approximate surface area is 85.3 Å². The van der Waals surface area contributed by atoms with E-state index in [2.05, 4.69) is 28.2 Å². The molecular formula is C12H18N2. The third-order valence-electron chi connectivity index (χ3n) is 3.55. The van der Waals surface area contributed by atoms with Crippen LogP contribution in [0.15, 0.2) is 18.3 Å². The van der Waals surface area contributed by atoms with Gasteiger partial charge in [-0.2, -0.15) is 0 Å².